The summed E-state index contributed by atoms with van der Waals surface area (Å²) in [4.78, 5) is 12.2. The van der Waals surface area contributed by atoms with Crippen LogP contribution in [-0.4, -0.2) is 22.2 Å². The van der Waals surface area contributed by atoms with Gasteiger partial charge in [-0.3, -0.25) is 10.1 Å². The Balaban J connectivity index is 1.63. The number of aromatic nitrogens is 2. The van der Waals surface area contributed by atoms with Gasteiger partial charge in [0.25, 0.3) is 5.91 Å². The van der Waals surface area contributed by atoms with Crippen LogP contribution >= 0.6 is 22.9 Å². The van der Waals surface area contributed by atoms with Gasteiger partial charge in [0, 0.05) is 10.6 Å². The monoisotopic (exact) mass is 359 g/mol. The van der Waals surface area contributed by atoms with Crippen LogP contribution in [0, 0.1) is 0 Å². The average molecular weight is 360 g/mol. The van der Waals surface area contributed by atoms with E-state index in [0.29, 0.717) is 15.9 Å². The lowest BCUT2D eigenvalue weighted by Gasteiger charge is -2.13. The molecule has 0 saturated carbocycles. The first-order chi connectivity index (χ1) is 11.6. The molecule has 1 amide bonds. The van der Waals surface area contributed by atoms with Crippen LogP contribution in [0.15, 0.2) is 54.6 Å². The van der Waals surface area contributed by atoms with E-state index >= 15 is 0 Å². The van der Waals surface area contributed by atoms with E-state index in [1.54, 1.807) is 31.2 Å². The van der Waals surface area contributed by atoms with Crippen LogP contribution in [-0.2, 0) is 4.79 Å². The second kappa shape index (κ2) is 7.42. The molecule has 5 nitrogen and oxygen atoms in total. The summed E-state index contributed by atoms with van der Waals surface area (Å²) in [5, 5.41) is 12.5. The Bertz CT molecular complexity index is 839. The van der Waals surface area contributed by atoms with Crippen LogP contribution in [0.1, 0.15) is 6.92 Å². The summed E-state index contributed by atoms with van der Waals surface area (Å²) in [5.41, 5.74) is 0.957. The molecule has 3 aromatic rings. The molecule has 0 aliphatic rings. The fourth-order valence-corrected chi connectivity index (χ4v) is 2.91. The van der Waals surface area contributed by atoms with Crippen molar-refractivity contribution in [3.05, 3.63) is 59.6 Å². The number of rotatable bonds is 5. The van der Waals surface area contributed by atoms with Crippen LogP contribution < -0.4 is 10.1 Å². The number of halogens is 1. The van der Waals surface area contributed by atoms with E-state index in [-0.39, 0.29) is 5.91 Å². The van der Waals surface area contributed by atoms with Crippen LogP contribution in [0.25, 0.3) is 10.6 Å². The van der Waals surface area contributed by atoms with Crippen molar-refractivity contribution < 1.29 is 9.53 Å². The van der Waals surface area contributed by atoms with E-state index in [9.17, 15) is 4.79 Å². The number of ether oxygens (including phenoxy) is 1. The van der Waals surface area contributed by atoms with E-state index in [2.05, 4.69) is 15.5 Å². The number of hydrogen-bond acceptors (Lipinski definition) is 5. The van der Waals surface area contributed by atoms with Gasteiger partial charge >= 0.3 is 0 Å². The summed E-state index contributed by atoms with van der Waals surface area (Å²) in [7, 11) is 0. The molecule has 0 aliphatic heterocycles. The SMILES string of the molecule is CC(Oc1cccc(Cl)c1)C(=O)Nc1nnc(-c2ccccc2)s1. The highest BCUT2D eigenvalue weighted by atomic mass is 35.5. The van der Waals surface area contributed by atoms with Gasteiger partial charge < -0.3 is 4.74 Å². The Morgan fingerprint density at radius 2 is 1.96 bits per heavy atom. The van der Waals surface area contributed by atoms with Gasteiger partial charge in [-0.25, -0.2) is 0 Å². The van der Waals surface area contributed by atoms with E-state index < -0.39 is 6.10 Å². The maximum Gasteiger partial charge on any atom is 0.266 e. The molecule has 24 heavy (non-hydrogen) atoms. The lowest BCUT2D eigenvalue weighted by Crippen LogP contribution is -2.30. The Labute approximate surface area is 148 Å². The predicted octanol–water partition coefficient (Wildman–Crippen LogP) is 4.26. The molecule has 1 N–H and O–H groups in total. The number of nitrogens with one attached hydrogen (secondary N) is 1. The lowest BCUT2D eigenvalue weighted by molar-refractivity contribution is -0.122. The third kappa shape index (κ3) is 4.10. The molecule has 7 heteroatoms. The molecule has 1 atom stereocenters. The van der Waals surface area contributed by atoms with Crippen LogP contribution in [0.2, 0.25) is 5.02 Å². The maximum atomic E-state index is 12.2. The van der Waals surface area contributed by atoms with Gasteiger partial charge in [0.2, 0.25) is 5.13 Å². The first kappa shape index (κ1) is 16.4. The third-order valence-corrected chi connectivity index (χ3v) is 4.28. The number of carbonyl (C=O) groups excluding carboxylic acids is 1. The Morgan fingerprint density at radius 1 is 1.17 bits per heavy atom. The Hall–Kier alpha value is -2.44. The fourth-order valence-electron chi connectivity index (χ4n) is 1.98. The quantitative estimate of drug-likeness (QED) is 0.739. The van der Waals surface area contributed by atoms with Crippen molar-refractivity contribution >= 4 is 34.0 Å². The molecule has 0 fully saturated rings. The molecule has 1 unspecified atom stereocenters. The largest absolute Gasteiger partial charge is 0.481 e. The zero-order chi connectivity index (χ0) is 16.9. The third-order valence-electron chi connectivity index (χ3n) is 3.15. The van der Waals surface area contributed by atoms with E-state index in [0.717, 1.165) is 10.6 Å². The molecule has 0 saturated heterocycles. The number of nitrogens with zero attached hydrogens (tertiary/aromatic N) is 2. The minimum atomic E-state index is -0.687. The van der Waals surface area contributed by atoms with E-state index in [1.165, 1.54) is 11.3 Å². The normalized spacial score (nSPS) is 11.8. The number of anilines is 1. The number of amides is 1. The van der Waals surface area contributed by atoms with Crippen molar-refractivity contribution in [1.82, 2.24) is 10.2 Å². The first-order valence-electron chi connectivity index (χ1n) is 7.24. The summed E-state index contributed by atoms with van der Waals surface area (Å²) < 4.78 is 5.58. The smallest absolute Gasteiger partial charge is 0.266 e. The molecule has 0 radical (unpaired) electrons. The van der Waals surface area contributed by atoms with Gasteiger partial charge in [-0.15, -0.1) is 10.2 Å². The topological polar surface area (TPSA) is 64.1 Å². The van der Waals surface area contributed by atoms with Crippen molar-refractivity contribution in [2.75, 3.05) is 5.32 Å². The van der Waals surface area contributed by atoms with Crippen molar-refractivity contribution in [1.29, 1.82) is 0 Å². The number of benzene rings is 2. The maximum absolute atomic E-state index is 12.2. The summed E-state index contributed by atoms with van der Waals surface area (Å²) in [6.07, 6.45) is -0.687. The molecular weight excluding hydrogens is 346 g/mol. The van der Waals surface area contributed by atoms with Gasteiger partial charge in [0.05, 0.1) is 0 Å². The van der Waals surface area contributed by atoms with Gasteiger partial charge in [-0.05, 0) is 25.1 Å². The van der Waals surface area contributed by atoms with Crippen molar-refractivity contribution in [3.63, 3.8) is 0 Å². The Kier molecular flexibility index (Phi) is 5.08. The van der Waals surface area contributed by atoms with Gasteiger partial charge in [-0.2, -0.15) is 0 Å². The van der Waals surface area contributed by atoms with Crippen molar-refractivity contribution in [2.24, 2.45) is 0 Å². The van der Waals surface area contributed by atoms with E-state index in [1.807, 2.05) is 30.3 Å². The molecule has 1 aromatic heterocycles. The van der Waals surface area contributed by atoms with Gasteiger partial charge in [0.1, 0.15) is 10.8 Å². The lowest BCUT2D eigenvalue weighted by atomic mass is 10.2. The number of carbonyl (C=O) groups is 1. The molecule has 0 bridgehead atoms. The first-order valence-corrected chi connectivity index (χ1v) is 8.43. The molecule has 122 valence electrons. The zero-order valence-electron chi connectivity index (χ0n) is 12.8. The summed E-state index contributed by atoms with van der Waals surface area (Å²) in [6, 6.07) is 16.6. The zero-order valence-corrected chi connectivity index (χ0v) is 14.3. The van der Waals surface area contributed by atoms with Crippen LogP contribution in [0.4, 0.5) is 5.13 Å². The molecular formula is C17H14ClN3O2S. The molecule has 1 heterocycles. The molecule has 3 rings (SSSR count). The Morgan fingerprint density at radius 3 is 2.71 bits per heavy atom. The molecule has 0 spiro atoms. The minimum absolute atomic E-state index is 0.300. The summed E-state index contributed by atoms with van der Waals surface area (Å²) in [5.74, 6) is 0.234. The summed E-state index contributed by atoms with van der Waals surface area (Å²) in [6.45, 7) is 1.66. The van der Waals surface area contributed by atoms with Crippen LogP contribution in [0.5, 0.6) is 5.75 Å². The van der Waals surface area contributed by atoms with Gasteiger partial charge in [0.15, 0.2) is 6.10 Å². The minimum Gasteiger partial charge on any atom is -0.481 e. The van der Waals surface area contributed by atoms with Crippen molar-refractivity contribution in [2.45, 2.75) is 13.0 Å². The predicted molar refractivity (Wildman–Crippen MR) is 95.5 cm³/mol. The average Bonchev–Trinajstić information content (AvgIpc) is 3.04. The van der Waals surface area contributed by atoms with Gasteiger partial charge in [-0.1, -0.05) is 59.3 Å². The number of hydrogen-bond donors (Lipinski definition) is 1. The second-order valence-electron chi connectivity index (χ2n) is 4.99. The van der Waals surface area contributed by atoms with Crippen molar-refractivity contribution in [3.8, 4) is 16.3 Å². The standard InChI is InChI=1S/C17H14ClN3O2S/c1-11(23-14-9-5-8-13(18)10-14)15(22)19-17-21-20-16(24-17)12-6-3-2-4-7-12/h2-11H,1H3,(H,19,21,22). The van der Waals surface area contributed by atoms with Crippen LogP contribution in [0.3, 0.4) is 0 Å². The second-order valence-corrected chi connectivity index (χ2v) is 6.40. The highest BCUT2D eigenvalue weighted by Gasteiger charge is 2.17. The molecule has 0 aliphatic carbocycles. The van der Waals surface area contributed by atoms with E-state index in [4.69, 9.17) is 16.3 Å². The summed E-state index contributed by atoms with van der Waals surface area (Å²) >= 11 is 7.21. The highest BCUT2D eigenvalue weighted by Crippen LogP contribution is 2.26. The molecule has 2 aromatic carbocycles. The fraction of sp³-hybridized carbons (Fsp3) is 0.118. The highest BCUT2D eigenvalue weighted by molar-refractivity contribution is 7.18.